The number of carbonyl (C=O) groups excluding carboxylic acids is 1. The topological polar surface area (TPSA) is 64.2 Å². The number of nitrogen functional groups attached to an aromatic ring is 1. The van der Waals surface area contributed by atoms with E-state index in [1.54, 1.807) is 16.9 Å². The van der Waals surface area contributed by atoms with Gasteiger partial charge in [0.15, 0.2) is 0 Å². The van der Waals surface area contributed by atoms with Crippen LogP contribution in [0.2, 0.25) is 0 Å². The number of hydrogen-bond acceptors (Lipinski definition) is 3. The van der Waals surface area contributed by atoms with Crippen LogP contribution in [0.3, 0.4) is 0 Å². The number of nitrogens with zero attached hydrogens (tertiary/aromatic N) is 3. The third-order valence-corrected chi connectivity index (χ3v) is 3.62. The smallest absolute Gasteiger partial charge is 0.248 e. The molecule has 0 bridgehead atoms. The van der Waals surface area contributed by atoms with Gasteiger partial charge >= 0.3 is 0 Å². The summed E-state index contributed by atoms with van der Waals surface area (Å²) in [7, 11) is 0. The fraction of sp³-hybridized carbons (Fsp3) is 0.333. The minimum atomic E-state index is 0.0578. The summed E-state index contributed by atoms with van der Waals surface area (Å²) in [6, 6.07) is 9.84. The predicted molar refractivity (Wildman–Crippen MR) is 78.4 cm³/mol. The van der Waals surface area contributed by atoms with Crippen molar-refractivity contribution in [3.8, 4) is 0 Å². The molecule has 0 spiro atoms. The highest BCUT2D eigenvalue weighted by molar-refractivity contribution is 5.94. The molecule has 0 saturated heterocycles. The molecule has 0 aliphatic carbocycles. The van der Waals surface area contributed by atoms with Gasteiger partial charge in [-0.25, -0.2) is 0 Å². The second kappa shape index (κ2) is 5.36. The van der Waals surface area contributed by atoms with Crippen molar-refractivity contribution in [2.24, 2.45) is 0 Å². The molecule has 20 heavy (non-hydrogen) atoms. The number of nitrogens with two attached hydrogens (primary N) is 1. The van der Waals surface area contributed by atoms with Crippen molar-refractivity contribution in [1.82, 2.24) is 9.78 Å². The van der Waals surface area contributed by atoms with E-state index in [0.29, 0.717) is 5.82 Å². The Morgan fingerprint density at radius 3 is 2.90 bits per heavy atom. The van der Waals surface area contributed by atoms with E-state index in [2.05, 4.69) is 11.2 Å². The van der Waals surface area contributed by atoms with Crippen LogP contribution in [-0.2, 0) is 17.8 Å². The largest absolute Gasteiger partial charge is 0.382 e. The van der Waals surface area contributed by atoms with Gasteiger partial charge in [0.05, 0.1) is 0 Å². The molecule has 2 aromatic rings. The summed E-state index contributed by atoms with van der Waals surface area (Å²) in [4.78, 5) is 14.4. The normalized spacial score (nSPS) is 14.7. The van der Waals surface area contributed by atoms with Gasteiger partial charge in [0, 0.05) is 18.4 Å². The maximum Gasteiger partial charge on any atom is 0.248 e. The monoisotopic (exact) mass is 270 g/mol. The number of aromatic nitrogens is 2. The van der Waals surface area contributed by atoms with Gasteiger partial charge in [0.2, 0.25) is 5.91 Å². The zero-order chi connectivity index (χ0) is 13.9. The van der Waals surface area contributed by atoms with Crippen LogP contribution in [0.15, 0.2) is 36.5 Å². The SMILES string of the molecule is Nc1ccn(CC(=O)N2CCCCc3ccccc32)n1. The van der Waals surface area contributed by atoms with Crippen LogP contribution in [0, 0.1) is 0 Å². The van der Waals surface area contributed by atoms with Crippen LogP contribution in [0.4, 0.5) is 11.5 Å². The summed E-state index contributed by atoms with van der Waals surface area (Å²) in [5, 5.41) is 4.07. The summed E-state index contributed by atoms with van der Waals surface area (Å²) in [6.45, 7) is 0.998. The van der Waals surface area contributed by atoms with Crippen molar-refractivity contribution in [3.05, 3.63) is 42.1 Å². The first-order chi connectivity index (χ1) is 9.74. The standard InChI is InChI=1S/C15H18N4O/c16-14-8-10-18(17-14)11-15(20)19-9-4-3-6-12-5-1-2-7-13(12)19/h1-2,5,7-8,10H,3-4,6,9,11H2,(H2,16,17). The lowest BCUT2D eigenvalue weighted by Crippen LogP contribution is -2.34. The molecule has 0 saturated carbocycles. The highest BCUT2D eigenvalue weighted by atomic mass is 16.2. The van der Waals surface area contributed by atoms with Gasteiger partial charge in [-0.15, -0.1) is 0 Å². The minimum absolute atomic E-state index is 0.0578. The van der Waals surface area contributed by atoms with E-state index < -0.39 is 0 Å². The number of carbonyl (C=O) groups is 1. The first-order valence-electron chi connectivity index (χ1n) is 6.91. The Morgan fingerprint density at radius 2 is 2.10 bits per heavy atom. The van der Waals surface area contributed by atoms with Crippen LogP contribution < -0.4 is 10.6 Å². The molecule has 0 atom stereocenters. The van der Waals surface area contributed by atoms with Crippen LogP contribution in [0.1, 0.15) is 18.4 Å². The number of amides is 1. The van der Waals surface area contributed by atoms with E-state index in [1.807, 2.05) is 23.1 Å². The fourth-order valence-corrected chi connectivity index (χ4v) is 2.64. The van der Waals surface area contributed by atoms with Crippen molar-refractivity contribution in [1.29, 1.82) is 0 Å². The van der Waals surface area contributed by atoms with Crippen LogP contribution in [0.25, 0.3) is 0 Å². The molecule has 0 unspecified atom stereocenters. The van der Waals surface area contributed by atoms with Gasteiger partial charge in [-0.2, -0.15) is 5.10 Å². The Bertz CT molecular complexity index is 620. The molecule has 2 heterocycles. The van der Waals surface area contributed by atoms with Crippen LogP contribution >= 0.6 is 0 Å². The maximum absolute atomic E-state index is 12.5. The molecule has 104 valence electrons. The Morgan fingerprint density at radius 1 is 1.25 bits per heavy atom. The molecule has 1 aromatic heterocycles. The van der Waals surface area contributed by atoms with Crippen molar-refractivity contribution >= 4 is 17.4 Å². The van der Waals surface area contributed by atoms with Crippen molar-refractivity contribution < 1.29 is 4.79 Å². The summed E-state index contributed by atoms with van der Waals surface area (Å²) >= 11 is 0. The Hall–Kier alpha value is -2.30. The van der Waals surface area contributed by atoms with Crippen LogP contribution in [0.5, 0.6) is 0 Å². The zero-order valence-corrected chi connectivity index (χ0v) is 11.3. The molecule has 5 nitrogen and oxygen atoms in total. The molecule has 0 fully saturated rings. The van der Waals surface area contributed by atoms with Gasteiger partial charge in [0.25, 0.3) is 0 Å². The maximum atomic E-state index is 12.5. The van der Waals surface area contributed by atoms with Crippen LogP contribution in [-0.4, -0.2) is 22.2 Å². The third kappa shape index (κ3) is 2.52. The second-order valence-electron chi connectivity index (χ2n) is 5.07. The molecular formula is C15H18N4O. The number of hydrogen-bond donors (Lipinski definition) is 1. The number of rotatable bonds is 2. The van der Waals surface area contributed by atoms with Gasteiger partial charge in [0.1, 0.15) is 12.4 Å². The van der Waals surface area contributed by atoms with E-state index in [0.717, 1.165) is 31.5 Å². The van der Waals surface area contributed by atoms with E-state index in [-0.39, 0.29) is 12.5 Å². The Balaban J connectivity index is 1.83. The molecule has 1 aliphatic heterocycles. The zero-order valence-electron chi connectivity index (χ0n) is 11.3. The van der Waals surface area contributed by atoms with E-state index >= 15 is 0 Å². The lowest BCUT2D eigenvalue weighted by Gasteiger charge is -2.22. The summed E-state index contributed by atoms with van der Waals surface area (Å²) in [5.74, 6) is 0.497. The Labute approximate surface area is 118 Å². The molecule has 3 rings (SSSR count). The Kier molecular flexibility index (Phi) is 3.41. The highest BCUT2D eigenvalue weighted by Gasteiger charge is 2.21. The average Bonchev–Trinajstić information content (AvgIpc) is 2.74. The molecule has 1 aromatic carbocycles. The first-order valence-corrected chi connectivity index (χ1v) is 6.91. The quantitative estimate of drug-likeness (QED) is 0.905. The molecule has 1 aliphatic rings. The fourth-order valence-electron chi connectivity index (χ4n) is 2.64. The van der Waals surface area contributed by atoms with Crippen molar-refractivity contribution in [2.45, 2.75) is 25.8 Å². The lowest BCUT2D eigenvalue weighted by atomic mass is 10.1. The summed E-state index contributed by atoms with van der Waals surface area (Å²) in [5.41, 5.74) is 7.86. The molecule has 2 N–H and O–H groups in total. The molecule has 5 heteroatoms. The average molecular weight is 270 g/mol. The van der Waals surface area contributed by atoms with Gasteiger partial charge in [-0.05, 0) is 37.0 Å². The third-order valence-electron chi connectivity index (χ3n) is 3.62. The first kappa shape index (κ1) is 12.7. The number of fused-ring (bicyclic) bond motifs is 1. The van der Waals surface area contributed by atoms with Gasteiger partial charge in [-0.3, -0.25) is 9.48 Å². The van der Waals surface area contributed by atoms with E-state index in [4.69, 9.17) is 5.73 Å². The van der Waals surface area contributed by atoms with Gasteiger partial charge < -0.3 is 10.6 Å². The number of anilines is 2. The molecule has 1 amide bonds. The second-order valence-corrected chi connectivity index (χ2v) is 5.07. The predicted octanol–water partition coefficient (Wildman–Crippen LogP) is 1.83. The van der Waals surface area contributed by atoms with Crippen molar-refractivity contribution in [3.63, 3.8) is 0 Å². The summed E-state index contributed by atoms with van der Waals surface area (Å²) < 4.78 is 1.59. The minimum Gasteiger partial charge on any atom is -0.382 e. The highest BCUT2D eigenvalue weighted by Crippen LogP contribution is 2.26. The number of benzene rings is 1. The summed E-state index contributed by atoms with van der Waals surface area (Å²) in [6.07, 6.45) is 4.92. The van der Waals surface area contributed by atoms with E-state index in [9.17, 15) is 4.79 Å². The number of para-hydroxylation sites is 1. The number of aryl methyl sites for hydroxylation is 1. The van der Waals surface area contributed by atoms with E-state index in [1.165, 1.54) is 5.56 Å². The molecular weight excluding hydrogens is 252 g/mol. The van der Waals surface area contributed by atoms with Gasteiger partial charge in [-0.1, -0.05) is 18.2 Å². The van der Waals surface area contributed by atoms with Crippen molar-refractivity contribution in [2.75, 3.05) is 17.2 Å². The lowest BCUT2D eigenvalue weighted by molar-refractivity contribution is -0.119. The molecule has 0 radical (unpaired) electrons.